The topological polar surface area (TPSA) is 70.8 Å². The van der Waals surface area contributed by atoms with E-state index in [0.717, 1.165) is 13.0 Å². The second-order valence-corrected chi connectivity index (χ2v) is 5.30. The molecule has 1 fully saturated rings. The third kappa shape index (κ3) is 3.21. The Morgan fingerprint density at radius 1 is 1.40 bits per heavy atom. The number of carbonyl (C=O) groups excluding carboxylic acids is 1. The van der Waals surface area contributed by atoms with Gasteiger partial charge >= 0.3 is 5.97 Å². The Morgan fingerprint density at radius 3 is 2.55 bits per heavy atom. The second-order valence-electron chi connectivity index (χ2n) is 5.30. The monoisotopic (exact) mass is 279 g/mol. The molecule has 0 radical (unpaired) electrons. The molecule has 0 unspecified atom stereocenters. The fourth-order valence-corrected chi connectivity index (χ4v) is 2.29. The van der Waals surface area contributed by atoms with E-state index in [1.165, 1.54) is 18.9 Å². The van der Waals surface area contributed by atoms with Crippen molar-refractivity contribution in [3.05, 3.63) is 23.2 Å². The largest absolute Gasteiger partial charge is 0.478 e. The van der Waals surface area contributed by atoms with E-state index in [1.807, 2.05) is 13.8 Å². The predicted molar refractivity (Wildman–Crippen MR) is 74.0 cm³/mol. The van der Waals surface area contributed by atoms with Gasteiger partial charge in [-0.3, -0.25) is 4.79 Å². The van der Waals surface area contributed by atoms with Gasteiger partial charge in [0.1, 0.15) is 11.3 Å². The molecular formula is C15H21NO4. The molecule has 2 rings (SSSR count). The SMILES string of the molecule is CCCN(CC1CC1)C(=O)c1cc(C(=O)O)c(CC)o1. The lowest BCUT2D eigenvalue weighted by Crippen LogP contribution is -2.33. The Labute approximate surface area is 118 Å². The summed E-state index contributed by atoms with van der Waals surface area (Å²) in [7, 11) is 0. The standard InChI is InChI=1S/C15H21NO4/c1-3-7-16(9-10-5-6-10)14(17)13-8-11(15(18)19)12(4-2)20-13/h8,10H,3-7,9H2,1-2H3,(H,18,19). The van der Waals surface area contributed by atoms with Crippen molar-refractivity contribution in [3.63, 3.8) is 0 Å². The van der Waals surface area contributed by atoms with Gasteiger partial charge in [0.25, 0.3) is 5.91 Å². The molecule has 5 heteroatoms. The number of aryl methyl sites for hydroxylation is 1. The van der Waals surface area contributed by atoms with Gasteiger partial charge in [-0.15, -0.1) is 0 Å². The number of hydrogen-bond donors (Lipinski definition) is 1. The average molecular weight is 279 g/mol. The number of carboxylic acid groups (broad SMARTS) is 1. The van der Waals surface area contributed by atoms with Gasteiger partial charge in [-0.05, 0) is 25.2 Å². The van der Waals surface area contributed by atoms with E-state index in [2.05, 4.69) is 0 Å². The van der Waals surface area contributed by atoms with E-state index in [-0.39, 0.29) is 17.2 Å². The van der Waals surface area contributed by atoms with Crippen molar-refractivity contribution in [3.8, 4) is 0 Å². The first-order valence-corrected chi connectivity index (χ1v) is 7.22. The smallest absolute Gasteiger partial charge is 0.339 e. The summed E-state index contributed by atoms with van der Waals surface area (Å²) >= 11 is 0. The first kappa shape index (κ1) is 14.6. The summed E-state index contributed by atoms with van der Waals surface area (Å²) in [5.41, 5.74) is 0.0960. The molecule has 0 bridgehead atoms. The van der Waals surface area contributed by atoms with Gasteiger partial charge in [0.2, 0.25) is 0 Å². The first-order valence-electron chi connectivity index (χ1n) is 7.22. The zero-order valence-corrected chi connectivity index (χ0v) is 12.0. The van der Waals surface area contributed by atoms with Gasteiger partial charge in [-0.25, -0.2) is 4.79 Å². The van der Waals surface area contributed by atoms with Crippen LogP contribution in [0.3, 0.4) is 0 Å². The van der Waals surface area contributed by atoms with Crippen LogP contribution >= 0.6 is 0 Å². The van der Waals surface area contributed by atoms with E-state index in [4.69, 9.17) is 9.52 Å². The summed E-state index contributed by atoms with van der Waals surface area (Å²) in [4.78, 5) is 25.3. The third-order valence-corrected chi connectivity index (χ3v) is 3.53. The van der Waals surface area contributed by atoms with Gasteiger partial charge in [-0.2, -0.15) is 0 Å². The molecule has 1 aromatic rings. The Bertz CT molecular complexity index is 502. The lowest BCUT2D eigenvalue weighted by Gasteiger charge is -2.20. The van der Waals surface area contributed by atoms with Crippen molar-refractivity contribution in [1.82, 2.24) is 4.90 Å². The highest BCUT2D eigenvalue weighted by atomic mass is 16.4. The molecule has 1 aromatic heterocycles. The average Bonchev–Trinajstić information content (AvgIpc) is 3.12. The minimum absolute atomic E-state index is 0.0960. The molecule has 0 aliphatic heterocycles. The Balaban J connectivity index is 2.19. The molecule has 20 heavy (non-hydrogen) atoms. The number of amides is 1. The number of aromatic carboxylic acids is 1. The fourth-order valence-electron chi connectivity index (χ4n) is 2.29. The molecule has 1 aliphatic rings. The van der Waals surface area contributed by atoms with Crippen LogP contribution < -0.4 is 0 Å². The fraction of sp³-hybridized carbons (Fsp3) is 0.600. The lowest BCUT2D eigenvalue weighted by molar-refractivity contribution is 0.0690. The van der Waals surface area contributed by atoms with Crippen molar-refractivity contribution < 1.29 is 19.1 Å². The zero-order valence-electron chi connectivity index (χ0n) is 12.0. The molecule has 0 spiro atoms. The van der Waals surface area contributed by atoms with Crippen LogP contribution in [-0.4, -0.2) is 35.0 Å². The van der Waals surface area contributed by atoms with E-state index >= 15 is 0 Å². The summed E-state index contributed by atoms with van der Waals surface area (Å²) in [6, 6.07) is 1.36. The molecular weight excluding hydrogens is 258 g/mol. The van der Waals surface area contributed by atoms with Crippen molar-refractivity contribution in [2.45, 2.75) is 39.5 Å². The quantitative estimate of drug-likeness (QED) is 0.833. The molecule has 5 nitrogen and oxygen atoms in total. The third-order valence-electron chi connectivity index (χ3n) is 3.53. The summed E-state index contributed by atoms with van der Waals surface area (Å²) < 4.78 is 5.44. The lowest BCUT2D eigenvalue weighted by atomic mass is 10.2. The Morgan fingerprint density at radius 2 is 2.10 bits per heavy atom. The van der Waals surface area contributed by atoms with Crippen molar-refractivity contribution in [2.75, 3.05) is 13.1 Å². The van der Waals surface area contributed by atoms with E-state index in [1.54, 1.807) is 4.90 Å². The highest BCUT2D eigenvalue weighted by Gasteiger charge is 2.29. The van der Waals surface area contributed by atoms with Crippen LogP contribution in [0.5, 0.6) is 0 Å². The molecule has 1 N–H and O–H groups in total. The molecule has 0 aromatic carbocycles. The number of rotatable bonds is 7. The van der Waals surface area contributed by atoms with Crippen molar-refractivity contribution in [1.29, 1.82) is 0 Å². The molecule has 110 valence electrons. The maximum atomic E-state index is 12.4. The number of furan rings is 1. The molecule has 0 saturated heterocycles. The van der Waals surface area contributed by atoms with E-state index in [0.29, 0.717) is 24.6 Å². The van der Waals surface area contributed by atoms with Crippen LogP contribution in [0.15, 0.2) is 10.5 Å². The number of carboxylic acids is 1. The van der Waals surface area contributed by atoms with Crippen LogP contribution in [0.4, 0.5) is 0 Å². The second kappa shape index (κ2) is 6.11. The maximum Gasteiger partial charge on any atom is 0.339 e. The molecule has 1 saturated carbocycles. The van der Waals surface area contributed by atoms with Gasteiger partial charge in [0.15, 0.2) is 5.76 Å². The molecule has 0 atom stereocenters. The van der Waals surface area contributed by atoms with Crippen molar-refractivity contribution >= 4 is 11.9 Å². The van der Waals surface area contributed by atoms with E-state index in [9.17, 15) is 9.59 Å². The van der Waals surface area contributed by atoms with Crippen LogP contribution in [-0.2, 0) is 6.42 Å². The predicted octanol–water partition coefficient (Wildman–Crippen LogP) is 2.80. The van der Waals surface area contributed by atoms with Gasteiger partial charge in [-0.1, -0.05) is 13.8 Å². The maximum absolute atomic E-state index is 12.4. The minimum atomic E-state index is -1.05. The summed E-state index contributed by atoms with van der Waals surface area (Å²) in [5.74, 6) is -0.128. The molecule has 1 heterocycles. The first-order chi connectivity index (χ1) is 9.56. The van der Waals surface area contributed by atoms with Crippen LogP contribution in [0.1, 0.15) is 59.8 Å². The molecule has 1 aliphatic carbocycles. The zero-order chi connectivity index (χ0) is 14.7. The Kier molecular flexibility index (Phi) is 4.47. The van der Waals surface area contributed by atoms with Gasteiger partial charge in [0, 0.05) is 25.6 Å². The number of nitrogens with zero attached hydrogens (tertiary/aromatic N) is 1. The summed E-state index contributed by atoms with van der Waals surface area (Å²) in [6.45, 7) is 5.26. The van der Waals surface area contributed by atoms with Crippen molar-refractivity contribution in [2.24, 2.45) is 5.92 Å². The van der Waals surface area contributed by atoms with Crippen LogP contribution in [0.2, 0.25) is 0 Å². The summed E-state index contributed by atoms with van der Waals surface area (Å²) in [6.07, 6.45) is 3.69. The summed E-state index contributed by atoms with van der Waals surface area (Å²) in [5, 5.41) is 9.10. The van der Waals surface area contributed by atoms with Gasteiger partial charge < -0.3 is 14.4 Å². The van der Waals surface area contributed by atoms with Crippen LogP contribution in [0, 0.1) is 5.92 Å². The van der Waals surface area contributed by atoms with Gasteiger partial charge in [0.05, 0.1) is 0 Å². The highest BCUT2D eigenvalue weighted by Crippen LogP contribution is 2.30. The van der Waals surface area contributed by atoms with Crippen LogP contribution in [0.25, 0.3) is 0 Å². The number of hydrogen-bond acceptors (Lipinski definition) is 3. The normalized spacial score (nSPS) is 14.3. The Hall–Kier alpha value is -1.78. The highest BCUT2D eigenvalue weighted by molar-refractivity contribution is 5.96. The number of carbonyl (C=O) groups is 2. The minimum Gasteiger partial charge on any atom is -0.478 e. The molecule has 1 amide bonds. The van der Waals surface area contributed by atoms with E-state index < -0.39 is 5.97 Å².